The van der Waals surface area contributed by atoms with Gasteiger partial charge in [-0.25, -0.2) is 4.68 Å². The highest BCUT2D eigenvalue weighted by molar-refractivity contribution is 5.90. The summed E-state index contributed by atoms with van der Waals surface area (Å²) in [6, 6.07) is 5.52. The number of nitrogens with zero attached hydrogens (tertiary/aromatic N) is 2. The second kappa shape index (κ2) is 6.60. The molecule has 0 saturated heterocycles. The van der Waals surface area contributed by atoms with E-state index in [1.807, 2.05) is 18.3 Å². The maximum Gasteiger partial charge on any atom is 0.221 e. The molecule has 1 amide bonds. The Kier molecular flexibility index (Phi) is 4.61. The highest BCUT2D eigenvalue weighted by Crippen LogP contribution is 2.28. The molecule has 2 N–H and O–H groups in total. The van der Waals surface area contributed by atoms with Gasteiger partial charge in [0.05, 0.1) is 19.0 Å². The SMILES string of the molecule is C=Cn1cc(CNc2ccc(NC(C)=O)c(OC)c2)cn1. The molecule has 0 bridgehead atoms. The van der Waals surface area contributed by atoms with Crippen molar-refractivity contribution in [1.29, 1.82) is 0 Å². The van der Waals surface area contributed by atoms with Crippen LogP contribution in [0.4, 0.5) is 11.4 Å². The maximum absolute atomic E-state index is 11.1. The van der Waals surface area contributed by atoms with E-state index in [1.165, 1.54) is 6.92 Å². The van der Waals surface area contributed by atoms with E-state index in [-0.39, 0.29) is 5.91 Å². The molecule has 0 aliphatic heterocycles. The molecule has 0 spiro atoms. The van der Waals surface area contributed by atoms with Crippen molar-refractivity contribution < 1.29 is 9.53 Å². The lowest BCUT2D eigenvalue weighted by atomic mass is 10.2. The van der Waals surface area contributed by atoms with Crippen LogP contribution in [0.1, 0.15) is 12.5 Å². The number of methoxy groups -OCH3 is 1. The summed E-state index contributed by atoms with van der Waals surface area (Å²) in [6.07, 6.45) is 5.30. The van der Waals surface area contributed by atoms with Crippen LogP contribution in [0.3, 0.4) is 0 Å². The van der Waals surface area contributed by atoms with Gasteiger partial charge < -0.3 is 15.4 Å². The minimum atomic E-state index is -0.133. The lowest BCUT2D eigenvalue weighted by molar-refractivity contribution is -0.114. The summed E-state index contributed by atoms with van der Waals surface area (Å²) in [5.41, 5.74) is 2.59. The standard InChI is InChI=1S/C15H18N4O2/c1-4-19-10-12(9-17-19)8-16-13-5-6-14(18-11(2)20)15(7-13)21-3/h4-7,9-10,16H,1,8H2,2-3H3,(H,18,20). The quantitative estimate of drug-likeness (QED) is 0.856. The predicted octanol–water partition coefficient (Wildman–Crippen LogP) is 2.56. The minimum Gasteiger partial charge on any atom is -0.494 e. The number of hydrogen-bond donors (Lipinski definition) is 2. The molecule has 0 aliphatic rings. The van der Waals surface area contributed by atoms with Crippen LogP contribution in [-0.2, 0) is 11.3 Å². The first-order valence-electron chi connectivity index (χ1n) is 6.47. The highest BCUT2D eigenvalue weighted by atomic mass is 16.5. The fourth-order valence-electron chi connectivity index (χ4n) is 1.87. The van der Waals surface area contributed by atoms with E-state index < -0.39 is 0 Å². The molecule has 6 heteroatoms. The third-order valence-corrected chi connectivity index (χ3v) is 2.85. The van der Waals surface area contributed by atoms with Gasteiger partial charge >= 0.3 is 0 Å². The molecule has 2 rings (SSSR count). The molecule has 2 aromatic rings. The maximum atomic E-state index is 11.1. The van der Waals surface area contributed by atoms with Gasteiger partial charge in [-0.3, -0.25) is 4.79 Å². The molecule has 0 atom stereocenters. The molecular formula is C15H18N4O2. The number of aromatic nitrogens is 2. The van der Waals surface area contributed by atoms with Crippen molar-refractivity contribution >= 4 is 23.5 Å². The number of carbonyl (C=O) groups excluding carboxylic acids is 1. The molecule has 1 aromatic carbocycles. The lowest BCUT2D eigenvalue weighted by Gasteiger charge is -2.12. The van der Waals surface area contributed by atoms with Crippen LogP contribution < -0.4 is 15.4 Å². The summed E-state index contributed by atoms with van der Waals surface area (Å²) in [4.78, 5) is 11.1. The third kappa shape index (κ3) is 3.85. The Hall–Kier alpha value is -2.76. The molecule has 6 nitrogen and oxygen atoms in total. The summed E-state index contributed by atoms with van der Waals surface area (Å²) in [6.45, 7) is 5.74. The Balaban J connectivity index is 2.06. The Labute approximate surface area is 123 Å². The van der Waals surface area contributed by atoms with E-state index in [4.69, 9.17) is 4.74 Å². The van der Waals surface area contributed by atoms with Gasteiger partial charge in [0, 0.05) is 43.2 Å². The minimum absolute atomic E-state index is 0.133. The topological polar surface area (TPSA) is 68.2 Å². The van der Waals surface area contributed by atoms with Gasteiger partial charge in [0.15, 0.2) is 0 Å². The molecule has 1 aromatic heterocycles. The summed E-state index contributed by atoms with van der Waals surface area (Å²) in [7, 11) is 1.57. The molecular weight excluding hydrogens is 268 g/mol. The summed E-state index contributed by atoms with van der Waals surface area (Å²) >= 11 is 0. The normalized spacial score (nSPS) is 10.0. The molecule has 1 heterocycles. The number of rotatable bonds is 6. The average molecular weight is 286 g/mol. The summed E-state index contributed by atoms with van der Waals surface area (Å²) in [5, 5.41) is 10.1. The first-order valence-corrected chi connectivity index (χ1v) is 6.47. The highest BCUT2D eigenvalue weighted by Gasteiger charge is 2.06. The number of amides is 1. The van der Waals surface area contributed by atoms with Gasteiger partial charge in [0.25, 0.3) is 0 Å². The largest absolute Gasteiger partial charge is 0.494 e. The molecule has 0 fully saturated rings. The molecule has 110 valence electrons. The second-order valence-corrected chi connectivity index (χ2v) is 4.46. The van der Waals surface area contributed by atoms with Gasteiger partial charge in [-0.05, 0) is 12.1 Å². The van der Waals surface area contributed by atoms with Gasteiger partial charge in [0.2, 0.25) is 5.91 Å². The van der Waals surface area contributed by atoms with Crippen molar-refractivity contribution in [3.63, 3.8) is 0 Å². The lowest BCUT2D eigenvalue weighted by Crippen LogP contribution is -2.07. The van der Waals surface area contributed by atoms with Crippen LogP contribution in [0.15, 0.2) is 37.2 Å². The first-order chi connectivity index (χ1) is 10.1. The van der Waals surface area contributed by atoms with Crippen molar-refractivity contribution in [3.05, 3.63) is 42.7 Å². The van der Waals surface area contributed by atoms with Crippen molar-refractivity contribution in [2.75, 3.05) is 17.7 Å². The third-order valence-electron chi connectivity index (χ3n) is 2.85. The number of benzene rings is 1. The van der Waals surface area contributed by atoms with Crippen LogP contribution in [0.2, 0.25) is 0 Å². The fraction of sp³-hybridized carbons (Fsp3) is 0.200. The fourth-order valence-corrected chi connectivity index (χ4v) is 1.87. The predicted molar refractivity (Wildman–Crippen MR) is 83.2 cm³/mol. The first kappa shape index (κ1) is 14.6. The Morgan fingerprint density at radius 3 is 2.95 bits per heavy atom. The monoisotopic (exact) mass is 286 g/mol. The van der Waals surface area contributed by atoms with E-state index in [0.29, 0.717) is 18.0 Å². The number of carbonyl (C=O) groups is 1. The van der Waals surface area contributed by atoms with Crippen LogP contribution in [0.25, 0.3) is 6.20 Å². The second-order valence-electron chi connectivity index (χ2n) is 4.46. The van der Waals surface area contributed by atoms with Crippen LogP contribution >= 0.6 is 0 Å². The number of hydrogen-bond acceptors (Lipinski definition) is 4. The molecule has 0 aliphatic carbocycles. The summed E-state index contributed by atoms with van der Waals surface area (Å²) < 4.78 is 6.93. The van der Waals surface area contributed by atoms with Crippen LogP contribution in [0.5, 0.6) is 5.75 Å². The van der Waals surface area contributed by atoms with Crippen molar-refractivity contribution in [2.24, 2.45) is 0 Å². The van der Waals surface area contributed by atoms with Crippen molar-refractivity contribution in [2.45, 2.75) is 13.5 Å². The van der Waals surface area contributed by atoms with E-state index >= 15 is 0 Å². The molecule has 0 radical (unpaired) electrons. The zero-order valence-electron chi connectivity index (χ0n) is 12.1. The van der Waals surface area contributed by atoms with Gasteiger partial charge in [-0.2, -0.15) is 5.10 Å². The zero-order valence-corrected chi connectivity index (χ0v) is 12.1. The summed E-state index contributed by atoms with van der Waals surface area (Å²) in [5.74, 6) is 0.475. The van der Waals surface area contributed by atoms with Gasteiger partial charge in [-0.1, -0.05) is 6.58 Å². The molecule has 0 unspecified atom stereocenters. The van der Waals surface area contributed by atoms with Gasteiger partial charge in [0.1, 0.15) is 5.75 Å². The number of anilines is 2. The van der Waals surface area contributed by atoms with E-state index in [2.05, 4.69) is 22.3 Å². The average Bonchev–Trinajstić information content (AvgIpc) is 2.93. The number of ether oxygens (including phenoxy) is 1. The molecule has 0 saturated carbocycles. The van der Waals surface area contributed by atoms with Gasteiger partial charge in [-0.15, -0.1) is 0 Å². The van der Waals surface area contributed by atoms with Crippen molar-refractivity contribution in [1.82, 2.24) is 9.78 Å². The van der Waals surface area contributed by atoms with Crippen molar-refractivity contribution in [3.8, 4) is 5.75 Å². The smallest absolute Gasteiger partial charge is 0.221 e. The number of nitrogens with one attached hydrogen (secondary N) is 2. The van der Waals surface area contributed by atoms with Crippen LogP contribution in [-0.4, -0.2) is 22.8 Å². The zero-order chi connectivity index (χ0) is 15.2. The van der Waals surface area contributed by atoms with E-state index in [0.717, 1.165) is 11.3 Å². The van der Waals surface area contributed by atoms with Crippen LogP contribution in [0, 0.1) is 0 Å². The Morgan fingerprint density at radius 1 is 1.52 bits per heavy atom. The van der Waals surface area contributed by atoms with E-state index in [1.54, 1.807) is 30.3 Å². The Bertz CT molecular complexity index is 649. The molecule has 21 heavy (non-hydrogen) atoms. The Morgan fingerprint density at radius 2 is 2.33 bits per heavy atom. The van der Waals surface area contributed by atoms with E-state index in [9.17, 15) is 4.79 Å².